The van der Waals surface area contributed by atoms with Gasteiger partial charge in [-0.15, -0.1) is 11.6 Å². The van der Waals surface area contributed by atoms with Gasteiger partial charge in [-0.25, -0.2) is 0 Å². The Morgan fingerprint density at radius 2 is 2.35 bits per heavy atom. The predicted octanol–water partition coefficient (Wildman–Crippen LogP) is 2.46. The third-order valence-electron chi connectivity index (χ3n) is 3.70. The van der Waals surface area contributed by atoms with Crippen molar-refractivity contribution in [3.8, 4) is 0 Å². The van der Waals surface area contributed by atoms with E-state index in [0.29, 0.717) is 18.2 Å². The Hall–Kier alpha value is -1.56. The van der Waals surface area contributed by atoms with Crippen LogP contribution in [0.25, 0.3) is 0 Å². The summed E-state index contributed by atoms with van der Waals surface area (Å²) in [6.45, 7) is 0.570. The second-order valence-corrected chi connectivity index (χ2v) is 5.91. The highest BCUT2D eigenvalue weighted by atomic mass is 35.5. The molecule has 0 radical (unpaired) electrons. The summed E-state index contributed by atoms with van der Waals surface area (Å²) in [7, 11) is 1.62. The number of amides is 1. The van der Waals surface area contributed by atoms with Crippen LogP contribution in [0.4, 0.5) is 5.69 Å². The zero-order valence-corrected chi connectivity index (χ0v) is 12.1. The van der Waals surface area contributed by atoms with Crippen LogP contribution >= 0.6 is 11.6 Å². The van der Waals surface area contributed by atoms with Crippen LogP contribution in [-0.2, 0) is 7.05 Å². The lowest BCUT2D eigenvalue weighted by atomic mass is 9.89. The van der Waals surface area contributed by atoms with E-state index in [-0.39, 0.29) is 17.0 Å². The van der Waals surface area contributed by atoms with Crippen molar-refractivity contribution >= 4 is 23.2 Å². The van der Waals surface area contributed by atoms with Gasteiger partial charge >= 0.3 is 0 Å². The number of rotatable bonds is 4. The van der Waals surface area contributed by atoms with Gasteiger partial charge in [0.15, 0.2) is 0 Å². The fourth-order valence-electron chi connectivity index (χ4n) is 2.61. The zero-order chi connectivity index (χ0) is 14.7. The van der Waals surface area contributed by atoms with Crippen molar-refractivity contribution in [2.45, 2.75) is 31.1 Å². The number of aromatic nitrogens is 1. The first-order chi connectivity index (χ1) is 9.47. The number of carbonyl (C=O) groups excluding carboxylic acids is 1. The van der Waals surface area contributed by atoms with E-state index in [9.17, 15) is 14.9 Å². The molecule has 1 fully saturated rings. The SMILES string of the molecule is Cn1cc([N+](=O)[O-])cc1C(=O)NCC1CCCC(Cl)C1. The number of hydrogen-bond acceptors (Lipinski definition) is 3. The summed E-state index contributed by atoms with van der Waals surface area (Å²) >= 11 is 6.12. The Balaban J connectivity index is 1.93. The number of halogens is 1. The lowest BCUT2D eigenvalue weighted by molar-refractivity contribution is -0.384. The minimum Gasteiger partial charge on any atom is -0.350 e. The average molecular weight is 300 g/mol. The number of nitro groups is 1. The quantitative estimate of drug-likeness (QED) is 0.527. The van der Waals surface area contributed by atoms with Crippen molar-refractivity contribution in [3.63, 3.8) is 0 Å². The van der Waals surface area contributed by atoms with Crippen LogP contribution in [0.5, 0.6) is 0 Å². The van der Waals surface area contributed by atoms with Gasteiger partial charge in [0, 0.05) is 25.0 Å². The third kappa shape index (κ3) is 3.50. The average Bonchev–Trinajstić information content (AvgIpc) is 2.78. The third-order valence-corrected chi connectivity index (χ3v) is 4.10. The Labute approximate surface area is 122 Å². The molecule has 7 heteroatoms. The fourth-order valence-corrected chi connectivity index (χ4v) is 3.02. The number of hydrogen-bond donors (Lipinski definition) is 1. The van der Waals surface area contributed by atoms with Gasteiger partial charge in [0.25, 0.3) is 11.6 Å². The Morgan fingerprint density at radius 3 is 2.95 bits per heavy atom. The molecule has 1 N–H and O–H groups in total. The van der Waals surface area contributed by atoms with E-state index in [4.69, 9.17) is 11.6 Å². The molecule has 1 saturated carbocycles. The normalized spacial score (nSPS) is 22.5. The van der Waals surface area contributed by atoms with Crippen molar-refractivity contribution < 1.29 is 9.72 Å². The van der Waals surface area contributed by atoms with E-state index in [1.165, 1.54) is 16.8 Å². The minimum atomic E-state index is -0.504. The monoisotopic (exact) mass is 299 g/mol. The lowest BCUT2D eigenvalue weighted by Crippen LogP contribution is -2.32. The maximum atomic E-state index is 12.0. The molecule has 0 spiro atoms. The van der Waals surface area contributed by atoms with Crippen molar-refractivity contribution in [3.05, 3.63) is 28.1 Å². The van der Waals surface area contributed by atoms with Gasteiger partial charge in [-0.1, -0.05) is 6.42 Å². The lowest BCUT2D eigenvalue weighted by Gasteiger charge is -2.25. The van der Waals surface area contributed by atoms with Crippen molar-refractivity contribution in [2.75, 3.05) is 6.54 Å². The van der Waals surface area contributed by atoms with E-state index < -0.39 is 4.92 Å². The highest BCUT2D eigenvalue weighted by Gasteiger charge is 2.22. The number of nitrogens with zero attached hydrogens (tertiary/aromatic N) is 2. The second kappa shape index (κ2) is 6.26. The largest absolute Gasteiger partial charge is 0.350 e. The summed E-state index contributed by atoms with van der Waals surface area (Å²) in [6.07, 6.45) is 5.44. The minimum absolute atomic E-state index is 0.0730. The summed E-state index contributed by atoms with van der Waals surface area (Å²) in [5.74, 6) is 0.114. The van der Waals surface area contributed by atoms with Gasteiger partial charge < -0.3 is 9.88 Å². The number of aryl methyl sites for hydroxylation is 1. The molecular weight excluding hydrogens is 282 g/mol. The summed E-state index contributed by atoms with van der Waals surface area (Å²) < 4.78 is 1.47. The fraction of sp³-hybridized carbons (Fsp3) is 0.615. The molecule has 1 aromatic rings. The van der Waals surface area contributed by atoms with Crippen LogP contribution in [0.1, 0.15) is 36.2 Å². The molecule has 0 saturated heterocycles. The molecule has 0 aromatic carbocycles. The van der Waals surface area contributed by atoms with E-state index in [0.717, 1.165) is 25.7 Å². The predicted molar refractivity (Wildman–Crippen MR) is 76.0 cm³/mol. The van der Waals surface area contributed by atoms with E-state index >= 15 is 0 Å². The van der Waals surface area contributed by atoms with E-state index in [1.54, 1.807) is 7.05 Å². The molecule has 1 amide bonds. The van der Waals surface area contributed by atoms with Crippen molar-refractivity contribution in [1.29, 1.82) is 0 Å². The smallest absolute Gasteiger partial charge is 0.287 e. The first-order valence-corrected chi connectivity index (χ1v) is 7.14. The molecule has 1 heterocycles. The van der Waals surface area contributed by atoms with Crippen LogP contribution in [0.3, 0.4) is 0 Å². The van der Waals surface area contributed by atoms with Crippen LogP contribution in [-0.4, -0.2) is 27.3 Å². The topological polar surface area (TPSA) is 77.2 Å². The number of carbonyl (C=O) groups is 1. The molecule has 0 bridgehead atoms. The van der Waals surface area contributed by atoms with E-state index in [1.807, 2.05) is 0 Å². The Kier molecular flexibility index (Phi) is 4.65. The van der Waals surface area contributed by atoms with Gasteiger partial charge in [-0.3, -0.25) is 14.9 Å². The molecule has 20 heavy (non-hydrogen) atoms. The van der Waals surface area contributed by atoms with Gasteiger partial charge in [-0.2, -0.15) is 0 Å². The summed E-state index contributed by atoms with van der Waals surface area (Å²) in [4.78, 5) is 22.2. The van der Waals surface area contributed by atoms with Crippen LogP contribution in [0.2, 0.25) is 0 Å². The Morgan fingerprint density at radius 1 is 1.60 bits per heavy atom. The van der Waals surface area contributed by atoms with Gasteiger partial charge in [0.1, 0.15) is 5.69 Å². The summed E-state index contributed by atoms with van der Waals surface area (Å²) in [6, 6.07) is 1.29. The molecule has 2 rings (SSSR count). The van der Waals surface area contributed by atoms with Crippen LogP contribution in [0.15, 0.2) is 12.3 Å². The molecule has 1 aromatic heterocycles. The molecule has 0 aliphatic heterocycles. The van der Waals surface area contributed by atoms with Crippen molar-refractivity contribution in [2.24, 2.45) is 13.0 Å². The maximum Gasteiger partial charge on any atom is 0.287 e. The molecule has 1 aliphatic rings. The number of nitrogens with one attached hydrogen (secondary N) is 1. The maximum absolute atomic E-state index is 12.0. The zero-order valence-electron chi connectivity index (χ0n) is 11.3. The van der Waals surface area contributed by atoms with E-state index in [2.05, 4.69) is 5.32 Å². The van der Waals surface area contributed by atoms with Crippen molar-refractivity contribution in [1.82, 2.24) is 9.88 Å². The molecule has 2 unspecified atom stereocenters. The second-order valence-electron chi connectivity index (χ2n) is 5.29. The summed E-state index contributed by atoms with van der Waals surface area (Å²) in [5, 5.41) is 13.7. The molecule has 110 valence electrons. The Bertz CT molecular complexity index is 515. The van der Waals surface area contributed by atoms with Crippen LogP contribution in [0, 0.1) is 16.0 Å². The highest BCUT2D eigenvalue weighted by molar-refractivity contribution is 6.20. The molecule has 2 atom stereocenters. The van der Waals surface area contributed by atoms with Gasteiger partial charge in [-0.05, 0) is 25.2 Å². The number of alkyl halides is 1. The standard InChI is InChI=1S/C13H18ClN3O3/c1-16-8-11(17(19)20)6-12(16)13(18)15-7-9-3-2-4-10(14)5-9/h6,8-10H,2-5,7H2,1H3,(H,15,18). The molecule has 6 nitrogen and oxygen atoms in total. The van der Waals surface area contributed by atoms with Gasteiger partial charge in [0.2, 0.25) is 0 Å². The highest BCUT2D eigenvalue weighted by Crippen LogP contribution is 2.27. The summed E-state index contributed by atoms with van der Waals surface area (Å²) in [5.41, 5.74) is 0.228. The first-order valence-electron chi connectivity index (χ1n) is 6.70. The molecule has 1 aliphatic carbocycles. The van der Waals surface area contributed by atoms with Crippen LogP contribution < -0.4 is 5.32 Å². The first kappa shape index (κ1) is 14.8. The molecular formula is C13H18ClN3O3. The van der Waals surface area contributed by atoms with Gasteiger partial charge in [0.05, 0.1) is 11.1 Å².